The van der Waals surface area contributed by atoms with Crippen LogP contribution in [0.1, 0.15) is 22.6 Å². The molecule has 2 rings (SSSR count). The second kappa shape index (κ2) is 7.41. The first-order chi connectivity index (χ1) is 10.1. The fraction of sp³-hybridized carbons (Fsp3) is 0.278. The van der Waals surface area contributed by atoms with Gasteiger partial charge in [0, 0.05) is 5.92 Å². The van der Waals surface area contributed by atoms with Crippen molar-refractivity contribution in [3.63, 3.8) is 0 Å². The Kier molecular flexibility index (Phi) is 5.57. The van der Waals surface area contributed by atoms with Crippen LogP contribution in [0.2, 0.25) is 0 Å². The summed E-state index contributed by atoms with van der Waals surface area (Å²) in [6.07, 6.45) is 0.719. The number of ketones is 1. The second-order valence-corrected chi connectivity index (χ2v) is 5.68. The van der Waals surface area contributed by atoms with Gasteiger partial charge in [0.2, 0.25) is 0 Å². The van der Waals surface area contributed by atoms with Crippen molar-refractivity contribution in [1.82, 2.24) is 0 Å². The van der Waals surface area contributed by atoms with Gasteiger partial charge in [-0.3, -0.25) is 4.79 Å². The minimum Gasteiger partial charge on any atom is -0.497 e. The van der Waals surface area contributed by atoms with E-state index in [1.54, 1.807) is 7.11 Å². The largest absolute Gasteiger partial charge is 0.497 e. The Labute approximate surface area is 134 Å². The molecule has 0 amide bonds. The molecule has 1 unspecified atom stereocenters. The summed E-state index contributed by atoms with van der Waals surface area (Å²) in [7, 11) is 1.64. The van der Waals surface area contributed by atoms with E-state index in [0.717, 1.165) is 17.7 Å². The van der Waals surface area contributed by atoms with E-state index < -0.39 is 0 Å². The molecular weight excluding hydrogens is 328 g/mol. The van der Waals surface area contributed by atoms with Crippen LogP contribution in [0.25, 0.3) is 0 Å². The van der Waals surface area contributed by atoms with E-state index in [1.165, 1.54) is 11.1 Å². The highest BCUT2D eigenvalue weighted by Crippen LogP contribution is 2.25. The maximum Gasteiger partial charge on any atom is 0.151 e. The van der Waals surface area contributed by atoms with Crippen molar-refractivity contribution >= 4 is 21.7 Å². The Balaban J connectivity index is 2.25. The lowest BCUT2D eigenvalue weighted by atomic mass is 9.89. The Bertz CT molecular complexity index is 588. The highest BCUT2D eigenvalue weighted by molar-refractivity contribution is 9.09. The van der Waals surface area contributed by atoms with Crippen molar-refractivity contribution in [2.45, 2.75) is 19.3 Å². The van der Waals surface area contributed by atoms with E-state index in [9.17, 15) is 4.79 Å². The number of aryl methyl sites for hydroxylation is 1. The van der Waals surface area contributed by atoms with E-state index in [4.69, 9.17) is 4.74 Å². The number of ether oxygens (including phenoxy) is 1. The molecule has 2 aromatic rings. The van der Waals surface area contributed by atoms with Crippen LogP contribution in [0.5, 0.6) is 5.75 Å². The van der Waals surface area contributed by atoms with Crippen LogP contribution in [0, 0.1) is 6.92 Å². The molecule has 0 aromatic heterocycles. The monoisotopic (exact) mass is 346 g/mol. The van der Waals surface area contributed by atoms with Gasteiger partial charge < -0.3 is 4.74 Å². The third-order valence-corrected chi connectivity index (χ3v) is 4.15. The van der Waals surface area contributed by atoms with Crippen LogP contribution in [-0.2, 0) is 11.2 Å². The van der Waals surface area contributed by atoms with Gasteiger partial charge in [0.05, 0.1) is 12.4 Å². The topological polar surface area (TPSA) is 26.3 Å². The summed E-state index contributed by atoms with van der Waals surface area (Å²) >= 11 is 3.29. The molecule has 0 heterocycles. The molecule has 0 bridgehead atoms. The third-order valence-electron chi connectivity index (χ3n) is 3.60. The number of benzene rings is 2. The molecule has 0 saturated carbocycles. The molecule has 0 aliphatic carbocycles. The fourth-order valence-corrected chi connectivity index (χ4v) is 2.70. The number of alkyl halides is 1. The predicted molar refractivity (Wildman–Crippen MR) is 89.4 cm³/mol. The normalized spacial score (nSPS) is 12.0. The van der Waals surface area contributed by atoms with Gasteiger partial charge in [-0.15, -0.1) is 0 Å². The van der Waals surface area contributed by atoms with Crippen molar-refractivity contribution in [2.75, 3.05) is 12.4 Å². The first kappa shape index (κ1) is 15.8. The number of hydrogen-bond acceptors (Lipinski definition) is 2. The van der Waals surface area contributed by atoms with Crippen molar-refractivity contribution < 1.29 is 9.53 Å². The van der Waals surface area contributed by atoms with Gasteiger partial charge in [-0.05, 0) is 36.6 Å². The first-order valence-electron chi connectivity index (χ1n) is 6.92. The van der Waals surface area contributed by atoms with E-state index in [2.05, 4.69) is 47.1 Å². The van der Waals surface area contributed by atoms with Crippen LogP contribution in [0.3, 0.4) is 0 Å². The number of hydrogen-bond donors (Lipinski definition) is 0. The number of halogens is 1. The van der Waals surface area contributed by atoms with E-state index in [1.807, 2.05) is 24.3 Å². The zero-order valence-corrected chi connectivity index (χ0v) is 13.9. The molecule has 0 saturated heterocycles. The van der Waals surface area contributed by atoms with Gasteiger partial charge >= 0.3 is 0 Å². The second-order valence-electron chi connectivity index (χ2n) is 5.12. The zero-order chi connectivity index (χ0) is 15.2. The van der Waals surface area contributed by atoms with Crippen LogP contribution in [0.15, 0.2) is 48.5 Å². The third kappa shape index (κ3) is 4.18. The first-order valence-corrected chi connectivity index (χ1v) is 8.04. The van der Waals surface area contributed by atoms with Gasteiger partial charge in [-0.2, -0.15) is 0 Å². The van der Waals surface area contributed by atoms with Crippen LogP contribution in [-0.4, -0.2) is 18.2 Å². The summed E-state index contributed by atoms with van der Waals surface area (Å²) in [5, 5.41) is 0.371. The summed E-state index contributed by atoms with van der Waals surface area (Å²) < 4.78 is 5.17. The molecule has 2 aromatic carbocycles. The molecule has 3 heteroatoms. The summed E-state index contributed by atoms with van der Waals surface area (Å²) in [6, 6.07) is 16.1. The molecule has 110 valence electrons. The SMILES string of the molecule is COc1ccc(C(Cc2ccc(C)cc2)C(=O)CBr)cc1. The standard InChI is InChI=1S/C18H19BrO2/c1-13-3-5-14(6-4-13)11-17(18(20)12-19)15-7-9-16(21-2)10-8-15/h3-10,17H,11-12H2,1-2H3. The maximum atomic E-state index is 12.3. The average Bonchev–Trinajstić information content (AvgIpc) is 2.54. The molecule has 1 atom stereocenters. The van der Waals surface area contributed by atoms with Gasteiger partial charge in [0.1, 0.15) is 5.75 Å². The zero-order valence-electron chi connectivity index (χ0n) is 12.3. The van der Waals surface area contributed by atoms with Gasteiger partial charge in [-0.1, -0.05) is 57.9 Å². The van der Waals surface area contributed by atoms with Crippen molar-refractivity contribution in [2.24, 2.45) is 0 Å². The minimum atomic E-state index is -0.127. The van der Waals surface area contributed by atoms with Crippen LogP contribution < -0.4 is 4.74 Å². The smallest absolute Gasteiger partial charge is 0.151 e. The molecular formula is C18H19BrO2. The van der Waals surface area contributed by atoms with E-state index >= 15 is 0 Å². The average molecular weight is 347 g/mol. The minimum absolute atomic E-state index is 0.127. The van der Waals surface area contributed by atoms with Crippen molar-refractivity contribution in [1.29, 1.82) is 0 Å². The molecule has 0 fully saturated rings. The fourth-order valence-electron chi connectivity index (χ4n) is 2.31. The van der Waals surface area contributed by atoms with Gasteiger partial charge in [0.25, 0.3) is 0 Å². The van der Waals surface area contributed by atoms with Gasteiger partial charge in [-0.25, -0.2) is 0 Å². The van der Waals surface area contributed by atoms with E-state index in [0.29, 0.717) is 5.33 Å². The Morgan fingerprint density at radius 3 is 2.24 bits per heavy atom. The number of rotatable bonds is 6. The lowest BCUT2D eigenvalue weighted by molar-refractivity contribution is -0.117. The quantitative estimate of drug-likeness (QED) is 0.729. The highest BCUT2D eigenvalue weighted by atomic mass is 79.9. The predicted octanol–water partition coefficient (Wildman–Crippen LogP) is 4.29. The molecule has 0 aliphatic heterocycles. The lowest BCUT2D eigenvalue weighted by Gasteiger charge is -2.16. The number of carbonyl (C=O) groups is 1. The number of methoxy groups -OCH3 is 1. The molecule has 21 heavy (non-hydrogen) atoms. The molecule has 0 radical (unpaired) electrons. The van der Waals surface area contributed by atoms with E-state index in [-0.39, 0.29) is 11.7 Å². The molecule has 0 spiro atoms. The van der Waals surface area contributed by atoms with Crippen molar-refractivity contribution in [3.05, 3.63) is 65.2 Å². The highest BCUT2D eigenvalue weighted by Gasteiger charge is 2.20. The van der Waals surface area contributed by atoms with Crippen LogP contribution in [0.4, 0.5) is 0 Å². The summed E-state index contributed by atoms with van der Waals surface area (Å²) in [6.45, 7) is 2.06. The number of Topliss-reactive ketones (excluding diaryl/α,β-unsaturated/α-hetero) is 1. The maximum absolute atomic E-state index is 12.3. The van der Waals surface area contributed by atoms with Crippen molar-refractivity contribution in [3.8, 4) is 5.75 Å². The Morgan fingerprint density at radius 2 is 1.71 bits per heavy atom. The summed E-state index contributed by atoms with van der Waals surface area (Å²) in [4.78, 5) is 12.3. The summed E-state index contributed by atoms with van der Waals surface area (Å²) in [5.41, 5.74) is 3.43. The van der Waals surface area contributed by atoms with Crippen LogP contribution >= 0.6 is 15.9 Å². The molecule has 0 aliphatic rings. The van der Waals surface area contributed by atoms with Gasteiger partial charge in [0.15, 0.2) is 5.78 Å². The lowest BCUT2D eigenvalue weighted by Crippen LogP contribution is -2.16. The molecule has 0 N–H and O–H groups in total. The summed E-state index contributed by atoms with van der Waals surface area (Å²) in [5.74, 6) is 0.873. The molecule has 2 nitrogen and oxygen atoms in total. The Morgan fingerprint density at radius 1 is 1.10 bits per heavy atom. The Hall–Kier alpha value is -1.61. The number of carbonyl (C=O) groups excluding carboxylic acids is 1.